The first-order valence-corrected chi connectivity index (χ1v) is 7.79. The van der Waals surface area contributed by atoms with Crippen LogP contribution in [0.5, 0.6) is 0 Å². The third-order valence-corrected chi connectivity index (χ3v) is 4.69. The Morgan fingerprint density at radius 2 is 2.00 bits per heavy atom. The largest absolute Gasteiger partial charge is 0.409 e. The molecule has 0 bridgehead atoms. The number of rotatable bonds is 3. The second-order valence-corrected chi connectivity index (χ2v) is 6.10. The van der Waals surface area contributed by atoms with Gasteiger partial charge in [0.25, 0.3) is 0 Å². The molecule has 0 saturated carbocycles. The molecule has 5 heteroatoms. The van der Waals surface area contributed by atoms with Crippen LogP contribution in [0.25, 0.3) is 0 Å². The molecule has 2 saturated heterocycles. The summed E-state index contributed by atoms with van der Waals surface area (Å²) in [4.78, 5) is 5.20. The van der Waals surface area contributed by atoms with Gasteiger partial charge in [-0.2, -0.15) is 0 Å². The number of nitrogens with zero attached hydrogens (tertiary/aromatic N) is 3. The lowest BCUT2D eigenvalue weighted by atomic mass is 9.99. The summed E-state index contributed by atoms with van der Waals surface area (Å²) in [6.07, 6.45) is 4.09. The van der Waals surface area contributed by atoms with Crippen molar-refractivity contribution in [2.24, 2.45) is 10.9 Å². The van der Waals surface area contributed by atoms with Crippen molar-refractivity contribution >= 4 is 5.84 Å². The maximum Gasteiger partial charge on any atom is 0.170 e. The van der Waals surface area contributed by atoms with Crippen molar-refractivity contribution in [3.05, 3.63) is 35.4 Å². The summed E-state index contributed by atoms with van der Waals surface area (Å²) >= 11 is 0. The molecule has 1 atom stereocenters. The number of benzene rings is 1. The fraction of sp³-hybridized carbons (Fsp3) is 0.562. The zero-order valence-electron chi connectivity index (χ0n) is 12.4. The molecule has 1 unspecified atom stereocenters. The van der Waals surface area contributed by atoms with E-state index >= 15 is 0 Å². The van der Waals surface area contributed by atoms with E-state index in [2.05, 4.69) is 27.1 Å². The monoisotopic (exact) mass is 288 g/mol. The first-order chi connectivity index (χ1) is 10.3. The minimum absolute atomic E-state index is 0.164. The van der Waals surface area contributed by atoms with E-state index in [1.54, 1.807) is 0 Å². The van der Waals surface area contributed by atoms with Crippen LogP contribution in [-0.2, 0) is 6.54 Å². The van der Waals surface area contributed by atoms with Gasteiger partial charge >= 0.3 is 0 Å². The molecule has 2 heterocycles. The minimum atomic E-state index is 0.164. The highest BCUT2D eigenvalue weighted by atomic mass is 16.4. The molecule has 2 aliphatic heterocycles. The highest BCUT2D eigenvalue weighted by Gasteiger charge is 2.28. The Bertz CT molecular complexity index is 500. The van der Waals surface area contributed by atoms with Crippen LogP contribution < -0.4 is 5.73 Å². The van der Waals surface area contributed by atoms with E-state index in [1.807, 2.05) is 12.1 Å². The molecule has 0 aliphatic carbocycles. The van der Waals surface area contributed by atoms with Gasteiger partial charge in [0.15, 0.2) is 5.84 Å². The summed E-state index contributed by atoms with van der Waals surface area (Å²) in [7, 11) is 0. The molecule has 3 rings (SSSR count). The minimum Gasteiger partial charge on any atom is -0.409 e. The van der Waals surface area contributed by atoms with Crippen LogP contribution in [0, 0.1) is 0 Å². The smallest absolute Gasteiger partial charge is 0.170 e. The summed E-state index contributed by atoms with van der Waals surface area (Å²) in [5, 5.41) is 11.7. The fourth-order valence-corrected chi connectivity index (χ4v) is 3.46. The van der Waals surface area contributed by atoms with Gasteiger partial charge < -0.3 is 10.9 Å². The number of hydrogen-bond donors (Lipinski definition) is 2. The van der Waals surface area contributed by atoms with E-state index in [1.165, 1.54) is 44.5 Å². The van der Waals surface area contributed by atoms with Crippen LogP contribution in [0.1, 0.15) is 30.4 Å². The number of piperidine rings is 1. The van der Waals surface area contributed by atoms with Crippen molar-refractivity contribution in [2.75, 3.05) is 26.2 Å². The second-order valence-electron chi connectivity index (χ2n) is 6.10. The summed E-state index contributed by atoms with van der Waals surface area (Å²) in [5.74, 6) is 0.164. The Labute approximate surface area is 126 Å². The van der Waals surface area contributed by atoms with Crippen molar-refractivity contribution in [3.63, 3.8) is 0 Å². The fourth-order valence-electron chi connectivity index (χ4n) is 3.46. The Hall–Kier alpha value is -1.59. The molecule has 21 heavy (non-hydrogen) atoms. The summed E-state index contributed by atoms with van der Waals surface area (Å²) in [6.45, 7) is 5.81. The molecule has 0 radical (unpaired) electrons. The van der Waals surface area contributed by atoms with Crippen LogP contribution in [-0.4, -0.2) is 53.1 Å². The van der Waals surface area contributed by atoms with Crippen LogP contribution in [0.2, 0.25) is 0 Å². The molecular weight excluding hydrogens is 264 g/mol. The number of oxime groups is 1. The standard InChI is InChI=1S/C16H24N4O/c17-16(18-21)14-6-4-13(5-7-14)11-19-9-10-20-8-2-1-3-15(20)12-19/h4-7,15,21H,1-3,8-12H2,(H2,17,18). The number of fused-ring (bicyclic) bond motifs is 1. The van der Waals surface area contributed by atoms with E-state index < -0.39 is 0 Å². The number of nitrogens with two attached hydrogens (primary N) is 1. The SMILES string of the molecule is N/C(=N/O)c1ccc(CN2CCN3CCCCC3C2)cc1. The molecule has 1 aromatic rings. The summed E-state index contributed by atoms with van der Waals surface area (Å²) in [5.41, 5.74) is 7.63. The van der Waals surface area contributed by atoms with E-state index in [9.17, 15) is 0 Å². The molecule has 1 aromatic carbocycles. The third-order valence-electron chi connectivity index (χ3n) is 4.69. The van der Waals surface area contributed by atoms with Crippen LogP contribution in [0.4, 0.5) is 0 Å². The number of piperazine rings is 1. The first kappa shape index (κ1) is 14.4. The highest BCUT2D eigenvalue weighted by molar-refractivity contribution is 5.96. The van der Waals surface area contributed by atoms with Gasteiger partial charge in [0.1, 0.15) is 0 Å². The molecule has 0 spiro atoms. The molecule has 3 N–H and O–H groups in total. The molecule has 5 nitrogen and oxygen atoms in total. The van der Waals surface area contributed by atoms with Crippen molar-refractivity contribution in [2.45, 2.75) is 31.8 Å². The lowest BCUT2D eigenvalue weighted by molar-refractivity contribution is 0.0457. The average Bonchev–Trinajstić information content (AvgIpc) is 2.55. The van der Waals surface area contributed by atoms with Gasteiger partial charge in [0.2, 0.25) is 0 Å². The topological polar surface area (TPSA) is 65.1 Å². The van der Waals surface area contributed by atoms with E-state index in [0.717, 1.165) is 24.7 Å². The number of hydrogen-bond acceptors (Lipinski definition) is 4. The lowest BCUT2D eigenvalue weighted by Gasteiger charge is -2.44. The Kier molecular flexibility index (Phi) is 4.41. The highest BCUT2D eigenvalue weighted by Crippen LogP contribution is 2.22. The van der Waals surface area contributed by atoms with Crippen molar-refractivity contribution in [1.29, 1.82) is 0 Å². The number of amidine groups is 1. The molecule has 114 valence electrons. The molecule has 2 aliphatic rings. The molecule has 0 amide bonds. The molecular formula is C16H24N4O. The zero-order chi connectivity index (χ0) is 14.7. The van der Waals surface area contributed by atoms with Gasteiger partial charge in [-0.3, -0.25) is 9.80 Å². The Morgan fingerprint density at radius 3 is 2.76 bits per heavy atom. The van der Waals surface area contributed by atoms with Crippen LogP contribution >= 0.6 is 0 Å². The second kappa shape index (κ2) is 6.45. The van der Waals surface area contributed by atoms with Crippen molar-refractivity contribution in [1.82, 2.24) is 9.80 Å². The van der Waals surface area contributed by atoms with Crippen molar-refractivity contribution in [3.8, 4) is 0 Å². The van der Waals surface area contributed by atoms with Gasteiger partial charge in [-0.25, -0.2) is 0 Å². The van der Waals surface area contributed by atoms with E-state index in [4.69, 9.17) is 10.9 Å². The van der Waals surface area contributed by atoms with E-state index in [0.29, 0.717) is 0 Å². The quantitative estimate of drug-likeness (QED) is 0.382. The normalized spacial score (nSPS) is 24.8. The van der Waals surface area contributed by atoms with E-state index in [-0.39, 0.29) is 5.84 Å². The zero-order valence-corrected chi connectivity index (χ0v) is 12.4. The maximum absolute atomic E-state index is 8.68. The summed E-state index contributed by atoms with van der Waals surface area (Å²) in [6, 6.07) is 8.73. The van der Waals surface area contributed by atoms with Crippen LogP contribution in [0.15, 0.2) is 29.4 Å². The average molecular weight is 288 g/mol. The van der Waals surface area contributed by atoms with Gasteiger partial charge in [0.05, 0.1) is 0 Å². The summed E-state index contributed by atoms with van der Waals surface area (Å²) < 4.78 is 0. The van der Waals surface area contributed by atoms with Crippen molar-refractivity contribution < 1.29 is 5.21 Å². The Balaban J connectivity index is 1.59. The van der Waals surface area contributed by atoms with Gasteiger partial charge in [0, 0.05) is 37.8 Å². The van der Waals surface area contributed by atoms with Gasteiger partial charge in [-0.15, -0.1) is 0 Å². The van der Waals surface area contributed by atoms with Crippen LogP contribution in [0.3, 0.4) is 0 Å². The van der Waals surface area contributed by atoms with Gasteiger partial charge in [-0.1, -0.05) is 35.8 Å². The first-order valence-electron chi connectivity index (χ1n) is 7.79. The predicted octanol–water partition coefficient (Wildman–Crippen LogP) is 1.45. The Morgan fingerprint density at radius 1 is 1.19 bits per heavy atom. The molecule has 2 fully saturated rings. The predicted molar refractivity (Wildman–Crippen MR) is 83.4 cm³/mol. The van der Waals surface area contributed by atoms with Gasteiger partial charge in [-0.05, 0) is 24.9 Å². The lowest BCUT2D eigenvalue weighted by Crippen LogP contribution is -2.54. The maximum atomic E-state index is 8.68. The molecule has 0 aromatic heterocycles. The third kappa shape index (κ3) is 3.36.